The number of hydrogen-bond acceptors (Lipinski definition) is 5. The number of rotatable bonds is 6. The number of piperidine rings is 1. The van der Waals surface area contributed by atoms with Gasteiger partial charge in [-0.05, 0) is 80.7 Å². The summed E-state index contributed by atoms with van der Waals surface area (Å²) in [4.78, 5) is 23.0. The zero-order valence-corrected chi connectivity index (χ0v) is 21.5. The standard InChI is InChI=1S/C30H35N3O3/c1-21-8-10-27(30(34)33-17-14-22-6-4-5-7-24(22)20-33)29(31-21)23-12-15-32(16-13-23)19-25-18-26(35-2)9-11-28(25)36-3/h4-11,18,23H,12-17,19-20H2,1-3H3. The molecule has 6 nitrogen and oxygen atoms in total. The van der Waals surface area contributed by atoms with E-state index in [0.29, 0.717) is 6.54 Å². The van der Waals surface area contributed by atoms with Crippen LogP contribution in [0.1, 0.15) is 57.2 Å². The molecule has 2 aliphatic rings. The number of fused-ring (bicyclic) bond motifs is 1. The first-order chi connectivity index (χ1) is 17.6. The Morgan fingerprint density at radius 3 is 2.50 bits per heavy atom. The second kappa shape index (κ2) is 10.7. The monoisotopic (exact) mass is 485 g/mol. The second-order valence-corrected chi connectivity index (χ2v) is 9.86. The summed E-state index contributed by atoms with van der Waals surface area (Å²) in [5, 5.41) is 0. The maximum absolute atomic E-state index is 13.7. The smallest absolute Gasteiger partial charge is 0.256 e. The van der Waals surface area contributed by atoms with Crippen molar-refractivity contribution >= 4 is 5.91 Å². The number of methoxy groups -OCH3 is 2. The molecule has 188 valence electrons. The minimum absolute atomic E-state index is 0.107. The van der Waals surface area contributed by atoms with Gasteiger partial charge < -0.3 is 14.4 Å². The lowest BCUT2D eigenvalue weighted by Crippen LogP contribution is -2.37. The Morgan fingerprint density at radius 1 is 0.972 bits per heavy atom. The first-order valence-electron chi connectivity index (χ1n) is 12.8. The van der Waals surface area contributed by atoms with Crippen molar-refractivity contribution in [3.63, 3.8) is 0 Å². The third-order valence-electron chi connectivity index (χ3n) is 7.57. The number of amides is 1. The van der Waals surface area contributed by atoms with Crippen molar-refractivity contribution in [1.29, 1.82) is 0 Å². The van der Waals surface area contributed by atoms with Crippen LogP contribution in [-0.2, 0) is 19.5 Å². The zero-order valence-electron chi connectivity index (χ0n) is 21.5. The van der Waals surface area contributed by atoms with Crippen molar-refractivity contribution in [2.45, 2.75) is 45.2 Å². The van der Waals surface area contributed by atoms with E-state index in [-0.39, 0.29) is 11.8 Å². The molecular formula is C30H35N3O3. The number of aromatic nitrogens is 1. The highest BCUT2D eigenvalue weighted by Crippen LogP contribution is 2.33. The highest BCUT2D eigenvalue weighted by Gasteiger charge is 2.29. The largest absolute Gasteiger partial charge is 0.497 e. The lowest BCUT2D eigenvalue weighted by Gasteiger charge is -2.34. The average molecular weight is 486 g/mol. The van der Waals surface area contributed by atoms with Gasteiger partial charge in [0, 0.05) is 36.8 Å². The third-order valence-corrected chi connectivity index (χ3v) is 7.57. The molecule has 0 bridgehead atoms. The Morgan fingerprint density at radius 2 is 1.75 bits per heavy atom. The SMILES string of the molecule is COc1ccc(OC)c(CN2CCC(c3nc(C)ccc3C(=O)N3CCc4ccccc4C3)CC2)c1. The molecule has 0 unspecified atom stereocenters. The summed E-state index contributed by atoms with van der Waals surface area (Å²) < 4.78 is 11.0. The molecule has 6 heteroatoms. The molecule has 2 aromatic carbocycles. The molecule has 0 spiro atoms. The van der Waals surface area contributed by atoms with Crippen molar-refractivity contribution in [3.05, 3.63) is 88.2 Å². The molecule has 0 saturated carbocycles. The van der Waals surface area contributed by atoms with Crippen LogP contribution in [0.4, 0.5) is 0 Å². The van der Waals surface area contributed by atoms with Crippen LogP contribution >= 0.6 is 0 Å². The second-order valence-electron chi connectivity index (χ2n) is 9.86. The third kappa shape index (κ3) is 5.09. The molecule has 2 aliphatic heterocycles. The minimum atomic E-state index is 0.107. The molecule has 0 atom stereocenters. The Balaban J connectivity index is 1.29. The molecule has 1 fully saturated rings. The van der Waals surface area contributed by atoms with Crippen LogP contribution in [0.5, 0.6) is 11.5 Å². The van der Waals surface area contributed by atoms with E-state index in [4.69, 9.17) is 14.5 Å². The van der Waals surface area contributed by atoms with E-state index < -0.39 is 0 Å². The van der Waals surface area contributed by atoms with Crippen molar-refractivity contribution < 1.29 is 14.3 Å². The molecule has 1 amide bonds. The number of likely N-dealkylation sites (tertiary alicyclic amines) is 1. The number of aryl methyl sites for hydroxylation is 1. The maximum Gasteiger partial charge on any atom is 0.256 e. The van der Waals surface area contributed by atoms with E-state index in [2.05, 4.69) is 35.2 Å². The number of nitrogens with zero attached hydrogens (tertiary/aromatic N) is 3. The Labute approximate surface area is 213 Å². The predicted octanol–water partition coefficient (Wildman–Crippen LogP) is 4.99. The molecule has 3 aromatic rings. The average Bonchev–Trinajstić information content (AvgIpc) is 2.92. The molecular weight excluding hydrogens is 450 g/mol. The fraction of sp³-hybridized carbons (Fsp3) is 0.400. The van der Waals surface area contributed by atoms with Crippen LogP contribution < -0.4 is 9.47 Å². The molecule has 36 heavy (non-hydrogen) atoms. The number of carbonyl (C=O) groups excluding carboxylic acids is 1. The summed E-state index contributed by atoms with van der Waals surface area (Å²) >= 11 is 0. The van der Waals surface area contributed by atoms with Crippen molar-refractivity contribution in [3.8, 4) is 11.5 Å². The van der Waals surface area contributed by atoms with Crippen LogP contribution in [0.2, 0.25) is 0 Å². The topological polar surface area (TPSA) is 54.9 Å². The van der Waals surface area contributed by atoms with Crippen molar-refractivity contribution in [1.82, 2.24) is 14.8 Å². The summed E-state index contributed by atoms with van der Waals surface area (Å²) in [6.45, 7) is 6.15. The van der Waals surface area contributed by atoms with Crippen LogP contribution in [-0.4, -0.2) is 54.5 Å². The summed E-state index contributed by atoms with van der Waals surface area (Å²) in [5.41, 5.74) is 6.44. The number of benzene rings is 2. The number of ether oxygens (including phenoxy) is 2. The first-order valence-corrected chi connectivity index (χ1v) is 12.8. The fourth-order valence-corrected chi connectivity index (χ4v) is 5.52. The predicted molar refractivity (Wildman–Crippen MR) is 141 cm³/mol. The molecule has 0 N–H and O–H groups in total. The van der Waals surface area contributed by atoms with E-state index in [0.717, 1.165) is 79.5 Å². The minimum Gasteiger partial charge on any atom is -0.497 e. The molecule has 3 heterocycles. The van der Waals surface area contributed by atoms with E-state index in [1.807, 2.05) is 36.1 Å². The fourth-order valence-electron chi connectivity index (χ4n) is 5.52. The molecule has 1 saturated heterocycles. The molecule has 0 aliphatic carbocycles. The van der Waals surface area contributed by atoms with Gasteiger partial charge in [0.1, 0.15) is 11.5 Å². The van der Waals surface area contributed by atoms with Gasteiger partial charge >= 0.3 is 0 Å². The van der Waals surface area contributed by atoms with Crippen LogP contribution in [0.15, 0.2) is 54.6 Å². The quantitative estimate of drug-likeness (QED) is 0.493. The van der Waals surface area contributed by atoms with E-state index >= 15 is 0 Å². The highest BCUT2D eigenvalue weighted by molar-refractivity contribution is 5.95. The number of hydrogen-bond donors (Lipinski definition) is 0. The van der Waals surface area contributed by atoms with Gasteiger partial charge in [0.15, 0.2) is 0 Å². The maximum atomic E-state index is 13.7. The Bertz CT molecular complexity index is 1230. The van der Waals surface area contributed by atoms with Crippen LogP contribution in [0, 0.1) is 6.92 Å². The Hall–Kier alpha value is -3.38. The lowest BCUT2D eigenvalue weighted by atomic mass is 9.89. The van der Waals surface area contributed by atoms with Crippen LogP contribution in [0.3, 0.4) is 0 Å². The summed E-state index contributed by atoms with van der Waals surface area (Å²) in [5.74, 6) is 2.11. The van der Waals surface area contributed by atoms with Gasteiger partial charge in [-0.25, -0.2) is 0 Å². The van der Waals surface area contributed by atoms with Gasteiger partial charge in [0.05, 0.1) is 25.5 Å². The van der Waals surface area contributed by atoms with Gasteiger partial charge in [-0.1, -0.05) is 24.3 Å². The lowest BCUT2D eigenvalue weighted by molar-refractivity contribution is 0.0731. The van der Waals surface area contributed by atoms with E-state index in [1.54, 1.807) is 14.2 Å². The van der Waals surface area contributed by atoms with E-state index in [9.17, 15) is 4.79 Å². The highest BCUT2D eigenvalue weighted by atomic mass is 16.5. The summed E-state index contributed by atoms with van der Waals surface area (Å²) in [6.07, 6.45) is 2.86. The zero-order chi connectivity index (χ0) is 25.1. The van der Waals surface area contributed by atoms with Crippen molar-refractivity contribution in [2.75, 3.05) is 33.9 Å². The van der Waals surface area contributed by atoms with Gasteiger partial charge in [0.2, 0.25) is 0 Å². The summed E-state index contributed by atoms with van der Waals surface area (Å²) in [7, 11) is 3.40. The van der Waals surface area contributed by atoms with Crippen LogP contribution in [0.25, 0.3) is 0 Å². The van der Waals surface area contributed by atoms with Crippen molar-refractivity contribution in [2.24, 2.45) is 0 Å². The molecule has 5 rings (SSSR count). The number of carbonyl (C=O) groups is 1. The van der Waals surface area contributed by atoms with Gasteiger partial charge in [-0.2, -0.15) is 0 Å². The summed E-state index contributed by atoms with van der Waals surface area (Å²) in [6, 6.07) is 18.4. The molecule has 1 aromatic heterocycles. The Kier molecular flexibility index (Phi) is 7.23. The first kappa shape index (κ1) is 24.3. The number of pyridine rings is 1. The molecule has 0 radical (unpaired) electrons. The van der Waals surface area contributed by atoms with Gasteiger partial charge in [0.25, 0.3) is 5.91 Å². The van der Waals surface area contributed by atoms with Gasteiger partial charge in [-0.15, -0.1) is 0 Å². The van der Waals surface area contributed by atoms with Gasteiger partial charge in [-0.3, -0.25) is 14.7 Å². The normalized spacial score (nSPS) is 16.5. The van der Waals surface area contributed by atoms with E-state index in [1.165, 1.54) is 11.1 Å².